The number of hydrogen-bond acceptors (Lipinski definition) is 5. The summed E-state index contributed by atoms with van der Waals surface area (Å²) in [4.78, 5) is 23.4. The monoisotopic (exact) mass is 401 g/mol. The molecule has 0 unspecified atom stereocenters. The largest absolute Gasteiger partial charge is 0.339 e. The van der Waals surface area contributed by atoms with E-state index in [-0.39, 0.29) is 11.8 Å². The molecular weight excluding hydrogens is 378 g/mol. The Kier molecular flexibility index (Phi) is 4.58. The molecule has 3 heterocycles. The van der Waals surface area contributed by atoms with Crippen LogP contribution in [0.2, 0.25) is 0 Å². The number of aryl methyl sites for hydroxylation is 2. The number of benzene rings is 2. The number of carbonyl (C=O) groups is 1. The third-order valence-electron chi connectivity index (χ3n) is 5.61. The van der Waals surface area contributed by atoms with Crippen molar-refractivity contribution >= 4 is 22.6 Å². The second kappa shape index (κ2) is 7.40. The molecule has 1 saturated heterocycles. The van der Waals surface area contributed by atoms with Gasteiger partial charge in [-0.2, -0.15) is 4.98 Å². The second-order valence-corrected chi connectivity index (χ2v) is 7.84. The van der Waals surface area contributed by atoms with Gasteiger partial charge in [0.15, 0.2) is 0 Å². The molecule has 0 aliphatic carbocycles. The highest BCUT2D eigenvalue weighted by Gasteiger charge is 2.35. The minimum Gasteiger partial charge on any atom is -0.339 e. The number of fused-ring (bicyclic) bond motifs is 1. The van der Waals surface area contributed by atoms with Crippen molar-refractivity contribution in [3.05, 3.63) is 60.2 Å². The third kappa shape index (κ3) is 3.26. The Morgan fingerprint density at radius 1 is 1.17 bits per heavy atom. The van der Waals surface area contributed by atoms with Crippen molar-refractivity contribution in [2.75, 3.05) is 11.4 Å². The van der Waals surface area contributed by atoms with E-state index in [1.165, 1.54) is 5.56 Å². The number of imidazole rings is 1. The Morgan fingerprint density at radius 3 is 2.80 bits per heavy atom. The van der Waals surface area contributed by atoms with E-state index in [0.717, 1.165) is 35.2 Å². The molecule has 1 aliphatic heterocycles. The summed E-state index contributed by atoms with van der Waals surface area (Å²) >= 11 is 0. The summed E-state index contributed by atoms with van der Waals surface area (Å²) in [5.74, 6) is 1.00. The number of carbonyl (C=O) groups excluding carboxylic acids is 1. The fraction of sp³-hybridized carbons (Fsp3) is 0.304. The van der Waals surface area contributed by atoms with Crippen LogP contribution in [0.4, 0.5) is 5.69 Å². The van der Waals surface area contributed by atoms with Crippen LogP contribution in [0.1, 0.15) is 37.1 Å². The van der Waals surface area contributed by atoms with E-state index in [4.69, 9.17) is 4.52 Å². The number of amides is 1. The summed E-state index contributed by atoms with van der Waals surface area (Å²) in [5, 5.41) is 4.16. The molecule has 1 amide bonds. The highest BCUT2D eigenvalue weighted by atomic mass is 16.5. The smallest absolute Gasteiger partial charge is 0.232 e. The molecule has 2 aromatic carbocycles. The lowest BCUT2D eigenvalue weighted by Gasteiger charge is -2.16. The fourth-order valence-corrected chi connectivity index (χ4v) is 3.99. The zero-order valence-corrected chi connectivity index (χ0v) is 17.1. The lowest BCUT2D eigenvalue weighted by Crippen LogP contribution is -2.24. The van der Waals surface area contributed by atoms with E-state index >= 15 is 0 Å². The Balaban J connectivity index is 1.37. The predicted octanol–water partition coefficient (Wildman–Crippen LogP) is 4.33. The van der Waals surface area contributed by atoms with Crippen LogP contribution in [0.3, 0.4) is 0 Å². The van der Waals surface area contributed by atoms with Crippen molar-refractivity contribution in [1.29, 1.82) is 0 Å². The van der Waals surface area contributed by atoms with E-state index in [1.54, 1.807) is 4.90 Å². The minimum atomic E-state index is -0.104. The number of hydrogen-bond donors (Lipinski definition) is 0. The van der Waals surface area contributed by atoms with Crippen LogP contribution in [0.5, 0.6) is 0 Å². The molecule has 152 valence electrons. The van der Waals surface area contributed by atoms with Crippen LogP contribution in [0.25, 0.3) is 22.4 Å². The molecule has 0 saturated carbocycles. The van der Waals surface area contributed by atoms with Crippen LogP contribution in [0, 0.1) is 6.92 Å². The van der Waals surface area contributed by atoms with Gasteiger partial charge >= 0.3 is 0 Å². The first-order valence-corrected chi connectivity index (χ1v) is 10.3. The quantitative estimate of drug-likeness (QED) is 0.498. The molecular formula is C23H23N5O2. The maximum absolute atomic E-state index is 12.5. The average Bonchev–Trinajstić information content (AvgIpc) is 3.47. The summed E-state index contributed by atoms with van der Waals surface area (Å²) in [7, 11) is 0. The van der Waals surface area contributed by atoms with Gasteiger partial charge in [0, 0.05) is 30.8 Å². The summed E-state index contributed by atoms with van der Waals surface area (Å²) in [6.45, 7) is 5.66. The highest BCUT2D eigenvalue weighted by molar-refractivity contribution is 5.96. The van der Waals surface area contributed by atoms with Crippen molar-refractivity contribution in [3.63, 3.8) is 0 Å². The number of anilines is 1. The van der Waals surface area contributed by atoms with Crippen LogP contribution in [0.15, 0.2) is 53.3 Å². The second-order valence-electron chi connectivity index (χ2n) is 7.84. The van der Waals surface area contributed by atoms with Crippen molar-refractivity contribution in [3.8, 4) is 11.4 Å². The summed E-state index contributed by atoms with van der Waals surface area (Å²) in [6, 6.07) is 14.0. The molecule has 1 atom stereocenters. The Morgan fingerprint density at radius 2 is 2.00 bits per heavy atom. The molecule has 1 fully saturated rings. The van der Waals surface area contributed by atoms with E-state index in [0.29, 0.717) is 24.7 Å². The summed E-state index contributed by atoms with van der Waals surface area (Å²) in [5.41, 5.74) is 4.94. The van der Waals surface area contributed by atoms with Crippen LogP contribution in [-0.4, -0.2) is 32.1 Å². The van der Waals surface area contributed by atoms with Crippen molar-refractivity contribution in [1.82, 2.24) is 19.7 Å². The van der Waals surface area contributed by atoms with Gasteiger partial charge in [0.2, 0.25) is 17.6 Å². The molecule has 30 heavy (non-hydrogen) atoms. The zero-order valence-electron chi connectivity index (χ0n) is 17.1. The minimum absolute atomic E-state index is 0.0755. The molecule has 0 spiro atoms. The Labute approximate surface area is 174 Å². The Bertz CT molecular complexity index is 1210. The number of aromatic nitrogens is 4. The summed E-state index contributed by atoms with van der Waals surface area (Å²) < 4.78 is 7.69. The van der Waals surface area contributed by atoms with Crippen molar-refractivity contribution in [2.45, 2.75) is 39.2 Å². The molecule has 4 aromatic rings. The van der Waals surface area contributed by atoms with E-state index in [9.17, 15) is 4.79 Å². The van der Waals surface area contributed by atoms with Crippen LogP contribution in [-0.2, 0) is 11.3 Å². The van der Waals surface area contributed by atoms with Crippen molar-refractivity contribution in [2.24, 2.45) is 0 Å². The first-order valence-electron chi connectivity index (χ1n) is 10.3. The first-order chi connectivity index (χ1) is 14.6. The summed E-state index contributed by atoms with van der Waals surface area (Å²) in [6.07, 6.45) is 3.29. The topological polar surface area (TPSA) is 77.0 Å². The van der Waals surface area contributed by atoms with Gasteiger partial charge < -0.3 is 14.0 Å². The molecule has 2 aromatic heterocycles. The SMILES string of the molecule is CCCn1cnc2cc(-c3noc([C@@H]4CC(=O)N(c5ccc(C)cc5)C4)n3)ccc21. The molecule has 5 rings (SSSR count). The zero-order chi connectivity index (χ0) is 20.7. The fourth-order valence-electron chi connectivity index (χ4n) is 3.99. The van der Waals surface area contributed by atoms with Gasteiger partial charge in [-0.1, -0.05) is 29.8 Å². The van der Waals surface area contributed by atoms with Gasteiger partial charge in [0.1, 0.15) is 0 Å². The van der Waals surface area contributed by atoms with Gasteiger partial charge in [0.25, 0.3) is 0 Å². The van der Waals surface area contributed by atoms with E-state index < -0.39 is 0 Å². The van der Waals surface area contributed by atoms with Gasteiger partial charge in [0.05, 0.1) is 23.3 Å². The molecule has 0 bridgehead atoms. The van der Waals surface area contributed by atoms with E-state index in [1.807, 2.05) is 55.7 Å². The standard InChI is InChI=1S/C23H23N5O2/c1-3-10-27-14-24-19-11-16(6-9-20(19)27)22-25-23(30-26-22)17-12-21(29)28(13-17)18-7-4-15(2)5-8-18/h4-9,11,14,17H,3,10,12-13H2,1-2H3/t17-/m1/s1. The predicted molar refractivity (Wildman–Crippen MR) is 114 cm³/mol. The van der Waals surface area contributed by atoms with E-state index in [2.05, 4.69) is 26.6 Å². The normalized spacial score (nSPS) is 16.7. The molecule has 1 aliphatic rings. The molecule has 0 N–H and O–H groups in total. The Hall–Kier alpha value is -3.48. The lowest BCUT2D eigenvalue weighted by molar-refractivity contribution is -0.117. The number of nitrogens with zero attached hydrogens (tertiary/aromatic N) is 5. The van der Waals surface area contributed by atoms with Gasteiger partial charge in [-0.15, -0.1) is 0 Å². The number of rotatable bonds is 5. The highest BCUT2D eigenvalue weighted by Crippen LogP contribution is 2.32. The lowest BCUT2D eigenvalue weighted by atomic mass is 10.1. The molecule has 7 nitrogen and oxygen atoms in total. The molecule has 0 radical (unpaired) electrons. The van der Waals surface area contributed by atoms with Crippen LogP contribution >= 0.6 is 0 Å². The average molecular weight is 401 g/mol. The van der Waals surface area contributed by atoms with Gasteiger partial charge in [-0.3, -0.25) is 4.79 Å². The van der Waals surface area contributed by atoms with Gasteiger partial charge in [-0.25, -0.2) is 4.98 Å². The van der Waals surface area contributed by atoms with Crippen LogP contribution < -0.4 is 4.90 Å². The maximum Gasteiger partial charge on any atom is 0.232 e. The van der Waals surface area contributed by atoms with Gasteiger partial charge in [-0.05, 0) is 43.7 Å². The van der Waals surface area contributed by atoms with Crippen molar-refractivity contribution < 1.29 is 9.32 Å². The third-order valence-corrected chi connectivity index (χ3v) is 5.61. The molecule has 7 heteroatoms. The maximum atomic E-state index is 12.5. The first kappa shape index (κ1) is 18.5.